The van der Waals surface area contributed by atoms with E-state index in [1.54, 1.807) is 18.0 Å². The number of rotatable bonds is 5. The van der Waals surface area contributed by atoms with Crippen molar-refractivity contribution in [2.24, 2.45) is 0 Å². The van der Waals surface area contributed by atoms with Crippen LogP contribution in [0.1, 0.15) is 23.4 Å². The average Bonchev–Trinajstić information content (AvgIpc) is 2.91. The minimum absolute atomic E-state index is 0.0587. The standard InChI is InChI=1S/C17H18N2O2S/c1-2-21-15-7-5-14(6-8-15)17-19(16(20)12-22-17)11-13-4-3-9-18-10-13/h3-10,17H,2,11-12H2,1H3. The van der Waals surface area contributed by atoms with Crippen LogP contribution in [0.2, 0.25) is 0 Å². The lowest BCUT2D eigenvalue weighted by atomic mass is 10.2. The van der Waals surface area contributed by atoms with Gasteiger partial charge in [0.05, 0.1) is 12.4 Å². The molecule has 3 rings (SSSR count). The Kier molecular flexibility index (Phi) is 4.63. The molecular formula is C17H18N2O2S. The average molecular weight is 314 g/mol. The highest BCUT2D eigenvalue weighted by atomic mass is 32.2. The minimum atomic E-state index is 0.0587. The second kappa shape index (κ2) is 6.83. The van der Waals surface area contributed by atoms with Gasteiger partial charge in [-0.1, -0.05) is 18.2 Å². The normalized spacial score (nSPS) is 17.8. The van der Waals surface area contributed by atoms with Gasteiger partial charge in [-0.05, 0) is 36.2 Å². The van der Waals surface area contributed by atoms with Gasteiger partial charge in [0, 0.05) is 18.9 Å². The number of nitrogens with zero attached hydrogens (tertiary/aromatic N) is 2. The summed E-state index contributed by atoms with van der Waals surface area (Å²) in [6, 6.07) is 11.9. The number of carbonyl (C=O) groups is 1. The predicted molar refractivity (Wildman–Crippen MR) is 87.6 cm³/mol. The van der Waals surface area contributed by atoms with Crippen molar-refractivity contribution in [1.29, 1.82) is 0 Å². The van der Waals surface area contributed by atoms with E-state index in [0.29, 0.717) is 18.9 Å². The smallest absolute Gasteiger partial charge is 0.234 e. The van der Waals surface area contributed by atoms with Crippen LogP contribution in [0.25, 0.3) is 0 Å². The van der Waals surface area contributed by atoms with Crippen molar-refractivity contribution in [3.05, 3.63) is 59.9 Å². The van der Waals surface area contributed by atoms with E-state index in [2.05, 4.69) is 4.98 Å². The first-order valence-corrected chi connectivity index (χ1v) is 8.35. The van der Waals surface area contributed by atoms with E-state index in [4.69, 9.17) is 4.74 Å². The van der Waals surface area contributed by atoms with Crippen molar-refractivity contribution >= 4 is 17.7 Å². The predicted octanol–water partition coefficient (Wildman–Crippen LogP) is 3.25. The van der Waals surface area contributed by atoms with Crippen LogP contribution >= 0.6 is 11.8 Å². The third kappa shape index (κ3) is 3.25. The van der Waals surface area contributed by atoms with Crippen LogP contribution in [0.3, 0.4) is 0 Å². The molecule has 4 nitrogen and oxygen atoms in total. The van der Waals surface area contributed by atoms with Gasteiger partial charge in [-0.15, -0.1) is 11.8 Å². The Morgan fingerprint density at radius 2 is 2.14 bits per heavy atom. The second-order valence-corrected chi connectivity index (χ2v) is 6.12. The number of thioether (sulfide) groups is 1. The van der Waals surface area contributed by atoms with E-state index in [0.717, 1.165) is 16.9 Å². The highest BCUT2D eigenvalue weighted by molar-refractivity contribution is 8.00. The molecular weight excluding hydrogens is 296 g/mol. The van der Waals surface area contributed by atoms with Crippen LogP contribution in [-0.4, -0.2) is 28.2 Å². The number of pyridine rings is 1. The molecule has 0 saturated carbocycles. The Bertz CT molecular complexity index is 631. The number of hydrogen-bond donors (Lipinski definition) is 0. The third-order valence-electron chi connectivity index (χ3n) is 3.52. The van der Waals surface area contributed by atoms with Gasteiger partial charge in [0.15, 0.2) is 0 Å². The van der Waals surface area contributed by atoms with Crippen molar-refractivity contribution < 1.29 is 9.53 Å². The monoisotopic (exact) mass is 314 g/mol. The van der Waals surface area contributed by atoms with E-state index in [9.17, 15) is 4.79 Å². The van der Waals surface area contributed by atoms with E-state index >= 15 is 0 Å². The first-order chi connectivity index (χ1) is 10.8. The Hall–Kier alpha value is -2.01. The van der Waals surface area contributed by atoms with Gasteiger partial charge < -0.3 is 9.64 Å². The summed E-state index contributed by atoms with van der Waals surface area (Å²) < 4.78 is 5.47. The van der Waals surface area contributed by atoms with E-state index in [1.807, 2.05) is 54.4 Å². The fraction of sp³-hybridized carbons (Fsp3) is 0.294. The van der Waals surface area contributed by atoms with Crippen molar-refractivity contribution in [1.82, 2.24) is 9.88 Å². The summed E-state index contributed by atoms with van der Waals surface area (Å²) in [7, 11) is 0. The van der Waals surface area contributed by atoms with Gasteiger partial charge in [0.25, 0.3) is 0 Å². The van der Waals surface area contributed by atoms with Gasteiger partial charge in [-0.3, -0.25) is 9.78 Å². The maximum Gasteiger partial charge on any atom is 0.234 e. The van der Waals surface area contributed by atoms with Crippen molar-refractivity contribution in [3.8, 4) is 5.75 Å². The quantitative estimate of drug-likeness (QED) is 0.849. The topological polar surface area (TPSA) is 42.4 Å². The number of benzene rings is 1. The van der Waals surface area contributed by atoms with Gasteiger partial charge in [-0.2, -0.15) is 0 Å². The summed E-state index contributed by atoms with van der Waals surface area (Å²) in [5.41, 5.74) is 2.18. The number of hydrogen-bond acceptors (Lipinski definition) is 4. The Morgan fingerprint density at radius 3 is 2.82 bits per heavy atom. The molecule has 2 heterocycles. The molecule has 1 fully saturated rings. The molecule has 1 aromatic carbocycles. The van der Waals surface area contributed by atoms with E-state index in [1.165, 1.54) is 0 Å². The molecule has 0 aliphatic carbocycles. The lowest BCUT2D eigenvalue weighted by Crippen LogP contribution is -2.27. The Morgan fingerprint density at radius 1 is 1.32 bits per heavy atom. The van der Waals surface area contributed by atoms with Gasteiger partial charge in [0.1, 0.15) is 11.1 Å². The van der Waals surface area contributed by atoms with Crippen molar-refractivity contribution in [2.45, 2.75) is 18.8 Å². The number of amides is 1. The molecule has 1 aliphatic rings. The van der Waals surface area contributed by atoms with Gasteiger partial charge >= 0.3 is 0 Å². The van der Waals surface area contributed by atoms with E-state index in [-0.39, 0.29) is 11.3 Å². The molecule has 114 valence electrons. The number of ether oxygens (including phenoxy) is 1. The first-order valence-electron chi connectivity index (χ1n) is 7.30. The minimum Gasteiger partial charge on any atom is -0.494 e. The molecule has 1 atom stereocenters. The Balaban J connectivity index is 1.78. The fourth-order valence-corrected chi connectivity index (χ4v) is 3.67. The summed E-state index contributed by atoms with van der Waals surface area (Å²) in [5.74, 6) is 1.56. The summed E-state index contributed by atoms with van der Waals surface area (Å²) in [6.07, 6.45) is 3.56. The lowest BCUT2D eigenvalue weighted by Gasteiger charge is -2.24. The number of aromatic nitrogens is 1. The molecule has 0 radical (unpaired) electrons. The highest BCUT2D eigenvalue weighted by Gasteiger charge is 2.32. The van der Waals surface area contributed by atoms with E-state index < -0.39 is 0 Å². The summed E-state index contributed by atoms with van der Waals surface area (Å²) in [4.78, 5) is 18.2. The molecule has 1 aromatic heterocycles. The molecule has 1 unspecified atom stereocenters. The summed E-state index contributed by atoms with van der Waals surface area (Å²) >= 11 is 1.67. The molecule has 0 spiro atoms. The maximum atomic E-state index is 12.2. The Labute approximate surface area is 134 Å². The fourth-order valence-electron chi connectivity index (χ4n) is 2.48. The van der Waals surface area contributed by atoms with Crippen LogP contribution in [0.5, 0.6) is 5.75 Å². The molecule has 0 bridgehead atoms. The van der Waals surface area contributed by atoms with Crippen LogP contribution < -0.4 is 4.74 Å². The zero-order chi connectivity index (χ0) is 15.4. The van der Waals surface area contributed by atoms with Crippen molar-refractivity contribution in [2.75, 3.05) is 12.4 Å². The molecule has 1 aliphatic heterocycles. The molecule has 5 heteroatoms. The second-order valence-electron chi connectivity index (χ2n) is 5.05. The molecule has 2 aromatic rings. The maximum absolute atomic E-state index is 12.2. The highest BCUT2D eigenvalue weighted by Crippen LogP contribution is 2.39. The molecule has 22 heavy (non-hydrogen) atoms. The summed E-state index contributed by atoms with van der Waals surface area (Å²) in [5, 5.41) is 0.0587. The van der Waals surface area contributed by atoms with Gasteiger partial charge in [-0.25, -0.2) is 0 Å². The zero-order valence-corrected chi connectivity index (χ0v) is 13.3. The zero-order valence-electron chi connectivity index (χ0n) is 12.4. The van der Waals surface area contributed by atoms with Crippen LogP contribution in [0.4, 0.5) is 0 Å². The summed E-state index contributed by atoms with van der Waals surface area (Å²) in [6.45, 7) is 3.22. The van der Waals surface area contributed by atoms with Crippen LogP contribution in [-0.2, 0) is 11.3 Å². The first kappa shape index (κ1) is 14.9. The largest absolute Gasteiger partial charge is 0.494 e. The van der Waals surface area contributed by atoms with Crippen LogP contribution in [0, 0.1) is 0 Å². The third-order valence-corrected chi connectivity index (χ3v) is 4.78. The van der Waals surface area contributed by atoms with Crippen LogP contribution in [0.15, 0.2) is 48.8 Å². The van der Waals surface area contributed by atoms with Crippen molar-refractivity contribution in [3.63, 3.8) is 0 Å². The number of carbonyl (C=O) groups excluding carboxylic acids is 1. The molecule has 0 N–H and O–H groups in total. The SMILES string of the molecule is CCOc1ccc(C2SCC(=O)N2Cc2cccnc2)cc1. The lowest BCUT2D eigenvalue weighted by molar-refractivity contribution is -0.128. The molecule has 1 amide bonds. The van der Waals surface area contributed by atoms with Gasteiger partial charge in [0.2, 0.25) is 5.91 Å². The molecule has 1 saturated heterocycles.